The van der Waals surface area contributed by atoms with Crippen LogP contribution < -0.4 is 5.73 Å². The molecule has 6 fully saturated rings. The van der Waals surface area contributed by atoms with Crippen molar-refractivity contribution >= 4 is 5.97 Å². The molecule has 35 heavy (non-hydrogen) atoms. The van der Waals surface area contributed by atoms with Gasteiger partial charge in [0.15, 0.2) is 5.79 Å². The van der Waals surface area contributed by atoms with E-state index in [2.05, 4.69) is 27.7 Å². The molecule has 1 spiro atoms. The van der Waals surface area contributed by atoms with Crippen molar-refractivity contribution < 1.29 is 19.0 Å². The van der Waals surface area contributed by atoms with Crippen LogP contribution in [0.1, 0.15) is 98.8 Å². The Balaban J connectivity index is 1.18. The van der Waals surface area contributed by atoms with E-state index in [0.717, 1.165) is 43.6 Å². The number of hydrogen-bond acceptors (Lipinski definition) is 5. The Morgan fingerprint density at radius 1 is 0.971 bits per heavy atom. The summed E-state index contributed by atoms with van der Waals surface area (Å²) in [4.78, 5) is 12.1. The number of fused-ring (bicyclic) bond motifs is 7. The van der Waals surface area contributed by atoms with Gasteiger partial charge in [-0.05, 0) is 111 Å². The normalized spacial score (nSPS) is 56.0. The van der Waals surface area contributed by atoms with Crippen molar-refractivity contribution in [2.75, 3.05) is 6.61 Å². The average Bonchev–Trinajstić information content (AvgIpc) is 3.26. The van der Waals surface area contributed by atoms with Gasteiger partial charge in [-0.3, -0.25) is 4.79 Å². The molecular formula is C30H49NO4. The van der Waals surface area contributed by atoms with E-state index in [1.807, 2.05) is 0 Å². The molecule has 2 heterocycles. The number of rotatable bonds is 2. The van der Waals surface area contributed by atoms with Gasteiger partial charge in [0, 0.05) is 12.3 Å². The topological polar surface area (TPSA) is 70.8 Å². The first-order chi connectivity index (χ1) is 16.6. The number of esters is 1. The van der Waals surface area contributed by atoms with E-state index in [1.54, 1.807) is 6.92 Å². The molecule has 198 valence electrons. The fraction of sp³-hybridized carbons (Fsp3) is 0.967. The maximum Gasteiger partial charge on any atom is 0.322 e. The smallest absolute Gasteiger partial charge is 0.322 e. The predicted octanol–water partition coefficient (Wildman–Crippen LogP) is 5.69. The zero-order valence-corrected chi connectivity index (χ0v) is 22.8. The second kappa shape index (κ2) is 8.43. The molecule has 2 aliphatic heterocycles. The summed E-state index contributed by atoms with van der Waals surface area (Å²) in [6.07, 6.45) is 12.5. The third-order valence-electron chi connectivity index (χ3n) is 12.5. The third kappa shape index (κ3) is 3.61. The first kappa shape index (κ1) is 24.7. The molecule has 4 saturated carbocycles. The van der Waals surface area contributed by atoms with Gasteiger partial charge in [-0.2, -0.15) is 0 Å². The number of hydrogen-bond donors (Lipinski definition) is 1. The Bertz CT molecular complexity index is 836. The second-order valence-corrected chi connectivity index (χ2v) is 14.3. The van der Waals surface area contributed by atoms with Crippen LogP contribution in [0.5, 0.6) is 0 Å². The SMILES string of the molecule is CC(N)C(=O)O[C@H]1CC[C@@]2(C)C(CCC3C2CC[C@@]2(C)C3CC3O[C@]4(CC[C@H](C)CO4)[C@@H](C)C32)C1. The summed E-state index contributed by atoms with van der Waals surface area (Å²) in [6, 6.07) is -0.525. The first-order valence-electron chi connectivity index (χ1n) is 14.9. The molecule has 7 unspecified atom stereocenters. The predicted molar refractivity (Wildman–Crippen MR) is 135 cm³/mol. The van der Waals surface area contributed by atoms with E-state index in [4.69, 9.17) is 19.9 Å². The molecule has 5 heteroatoms. The maximum absolute atomic E-state index is 12.1. The molecule has 2 saturated heterocycles. The fourth-order valence-corrected chi connectivity index (χ4v) is 10.6. The Hall–Kier alpha value is -0.650. The minimum atomic E-state index is -0.525. The summed E-state index contributed by atoms with van der Waals surface area (Å²) < 4.78 is 19.2. The van der Waals surface area contributed by atoms with Crippen molar-refractivity contribution in [3.63, 3.8) is 0 Å². The zero-order valence-electron chi connectivity index (χ0n) is 22.8. The molecule has 6 aliphatic rings. The summed E-state index contributed by atoms with van der Waals surface area (Å²) in [7, 11) is 0. The van der Waals surface area contributed by atoms with Gasteiger partial charge in [0.25, 0.3) is 0 Å². The number of carbonyl (C=O) groups excluding carboxylic acids is 1. The Kier molecular flexibility index (Phi) is 5.94. The highest BCUT2D eigenvalue weighted by molar-refractivity contribution is 5.75. The van der Waals surface area contributed by atoms with Crippen LogP contribution in [0.4, 0.5) is 0 Å². The van der Waals surface area contributed by atoms with Crippen LogP contribution >= 0.6 is 0 Å². The van der Waals surface area contributed by atoms with E-state index in [9.17, 15) is 4.79 Å². The van der Waals surface area contributed by atoms with Crippen molar-refractivity contribution in [1.82, 2.24) is 0 Å². The molecule has 0 amide bonds. The molecular weight excluding hydrogens is 438 g/mol. The molecule has 4 aliphatic carbocycles. The lowest BCUT2D eigenvalue weighted by molar-refractivity contribution is -0.273. The van der Waals surface area contributed by atoms with Crippen LogP contribution in [0.15, 0.2) is 0 Å². The largest absolute Gasteiger partial charge is 0.461 e. The van der Waals surface area contributed by atoms with Gasteiger partial charge >= 0.3 is 5.97 Å². The van der Waals surface area contributed by atoms with Gasteiger partial charge in [0.05, 0.1) is 12.7 Å². The van der Waals surface area contributed by atoms with Crippen LogP contribution in [0, 0.1) is 52.3 Å². The van der Waals surface area contributed by atoms with E-state index in [0.29, 0.717) is 40.6 Å². The molecule has 0 aromatic heterocycles. The van der Waals surface area contributed by atoms with Gasteiger partial charge in [0.2, 0.25) is 0 Å². The number of ether oxygens (including phenoxy) is 3. The molecule has 6 rings (SSSR count). The monoisotopic (exact) mass is 487 g/mol. The molecule has 0 aromatic carbocycles. The fourth-order valence-electron chi connectivity index (χ4n) is 10.6. The van der Waals surface area contributed by atoms with E-state index in [-0.39, 0.29) is 17.9 Å². The summed E-state index contributed by atoms with van der Waals surface area (Å²) >= 11 is 0. The quantitative estimate of drug-likeness (QED) is 0.507. The van der Waals surface area contributed by atoms with Crippen LogP contribution in [0.25, 0.3) is 0 Å². The molecule has 13 atom stereocenters. The first-order valence-corrected chi connectivity index (χ1v) is 14.9. The van der Waals surface area contributed by atoms with E-state index < -0.39 is 6.04 Å². The summed E-state index contributed by atoms with van der Waals surface area (Å²) in [5, 5.41) is 0. The van der Waals surface area contributed by atoms with Crippen molar-refractivity contribution in [2.24, 2.45) is 58.0 Å². The lowest BCUT2D eigenvalue weighted by Gasteiger charge is -2.61. The van der Waals surface area contributed by atoms with Gasteiger partial charge in [-0.15, -0.1) is 0 Å². The van der Waals surface area contributed by atoms with E-state index >= 15 is 0 Å². The molecule has 0 aromatic rings. The van der Waals surface area contributed by atoms with Gasteiger partial charge in [-0.25, -0.2) is 0 Å². The minimum Gasteiger partial charge on any atom is -0.461 e. The number of nitrogens with two attached hydrogens (primary N) is 1. The summed E-state index contributed by atoms with van der Waals surface area (Å²) in [5.74, 6) is 4.32. The summed E-state index contributed by atoms with van der Waals surface area (Å²) in [6.45, 7) is 12.5. The van der Waals surface area contributed by atoms with Crippen LogP contribution in [0.3, 0.4) is 0 Å². The highest BCUT2D eigenvalue weighted by atomic mass is 16.7. The van der Waals surface area contributed by atoms with Crippen molar-refractivity contribution in [3.8, 4) is 0 Å². The van der Waals surface area contributed by atoms with Gasteiger partial charge in [0.1, 0.15) is 12.1 Å². The lowest BCUT2D eigenvalue weighted by atomic mass is 9.44. The Labute approximate surface area is 212 Å². The van der Waals surface area contributed by atoms with Gasteiger partial charge in [-0.1, -0.05) is 27.7 Å². The number of carbonyl (C=O) groups is 1. The Morgan fingerprint density at radius 3 is 2.46 bits per heavy atom. The molecule has 0 bridgehead atoms. The standard InChI is InChI=1S/C30H49NO4/c1-17-8-13-30(33-16-17)18(2)26-25(35-30)15-24-22-7-6-20-14-21(34-27(32)19(3)31)9-11-28(20,4)23(22)10-12-29(24,26)5/h17-26H,6-16,31H2,1-5H3/t17-,18-,19?,20?,21-,22?,23?,24?,25?,26?,28-,29-,30+/m0/s1. The molecule has 0 radical (unpaired) electrons. The van der Waals surface area contributed by atoms with Crippen molar-refractivity contribution in [2.45, 2.75) is 123 Å². The highest BCUT2D eigenvalue weighted by Gasteiger charge is 2.69. The van der Waals surface area contributed by atoms with Crippen molar-refractivity contribution in [3.05, 3.63) is 0 Å². The Morgan fingerprint density at radius 2 is 1.74 bits per heavy atom. The molecule has 5 nitrogen and oxygen atoms in total. The van der Waals surface area contributed by atoms with Crippen LogP contribution in [-0.4, -0.2) is 36.6 Å². The maximum atomic E-state index is 12.1. The highest BCUT2D eigenvalue weighted by Crippen LogP contribution is 2.71. The van der Waals surface area contributed by atoms with Crippen molar-refractivity contribution in [1.29, 1.82) is 0 Å². The average molecular weight is 488 g/mol. The summed E-state index contributed by atoms with van der Waals surface area (Å²) in [5.41, 5.74) is 6.54. The zero-order chi connectivity index (χ0) is 24.8. The minimum absolute atomic E-state index is 0.0615. The van der Waals surface area contributed by atoms with Crippen LogP contribution in [0.2, 0.25) is 0 Å². The molecule has 2 N–H and O–H groups in total. The third-order valence-corrected chi connectivity index (χ3v) is 12.5. The lowest BCUT2D eigenvalue weighted by Crippen LogP contribution is -2.55. The van der Waals surface area contributed by atoms with E-state index in [1.165, 1.54) is 44.9 Å². The van der Waals surface area contributed by atoms with Gasteiger partial charge < -0.3 is 19.9 Å². The second-order valence-electron chi connectivity index (χ2n) is 14.3. The van der Waals surface area contributed by atoms with Crippen LogP contribution in [-0.2, 0) is 19.0 Å².